The van der Waals surface area contributed by atoms with Crippen LogP contribution in [0.15, 0.2) is 47.1 Å². The zero-order valence-electron chi connectivity index (χ0n) is 44.2. The molecule has 0 aromatic heterocycles. The molecule has 3 rings (SSSR count). The molecule has 12 atom stereocenters. The smallest absolute Gasteiger partial charge is 0.245 e. The number of nitrogens with one attached hydrogen (secondary N) is 10. The fourth-order valence-electron chi connectivity index (χ4n) is 8.17. The van der Waals surface area contributed by atoms with Crippen molar-refractivity contribution >= 4 is 70.3 Å². The Morgan fingerprint density at radius 1 is 0.818 bits per heavy atom. The SMILES string of the molecule is CC1=CCSC(C(O)N[C@H](C(=O)N[C@H](CO)C(=O)N[C@H]2CCNC(=O)[C@H]([C@@H](C)O)NC[C@](C=O)(CCN)NC(=O)[C@H](CCN)NC(=O)[C@H](CC(C)C)NC(=O)[C@@H](Cc3ccccc3)NC(=O)[C@H](CCN)NC2=O)[C@@H](C)O)=N1. The van der Waals surface area contributed by atoms with Crippen LogP contribution < -0.4 is 70.4 Å². The van der Waals surface area contributed by atoms with E-state index in [1.807, 2.05) is 6.08 Å². The van der Waals surface area contributed by atoms with Crippen molar-refractivity contribution < 1.29 is 63.6 Å². The lowest BCUT2D eigenvalue weighted by Gasteiger charge is -2.33. The second kappa shape index (κ2) is 32.7. The maximum atomic E-state index is 14.4. The molecule has 0 radical (unpaired) electrons. The number of aliphatic imine (C=N–C) groups is 1. The first-order chi connectivity index (χ1) is 36.5. The summed E-state index contributed by atoms with van der Waals surface area (Å²) < 4.78 is 0. The van der Waals surface area contributed by atoms with Crippen LogP contribution in [0.25, 0.3) is 0 Å². The van der Waals surface area contributed by atoms with Crippen LogP contribution in [0.4, 0.5) is 0 Å². The normalized spacial score (nSPS) is 25.8. The highest BCUT2D eigenvalue weighted by Crippen LogP contribution is 2.18. The summed E-state index contributed by atoms with van der Waals surface area (Å²) >= 11 is 1.18. The van der Waals surface area contributed by atoms with Gasteiger partial charge in [0.25, 0.3) is 0 Å². The van der Waals surface area contributed by atoms with Crippen LogP contribution in [-0.4, -0.2) is 196 Å². The largest absolute Gasteiger partial charge is 0.394 e. The van der Waals surface area contributed by atoms with Crippen LogP contribution in [-0.2, 0) is 49.6 Å². The van der Waals surface area contributed by atoms with E-state index in [2.05, 4.69) is 58.2 Å². The highest BCUT2D eigenvalue weighted by atomic mass is 32.2. The number of carbonyl (C=O) groups is 9. The standard InChI is InChI=1S/C49H80N14O13S/c1-26(2)21-34-41(70)57-32(12-17-51)44(73)63-49(25-65,15-18-52)24-54-37(28(4)66)45(74)53-19-13-33(40(69)56-31(11-16-50)39(68)60-35(42(71)59-34)22-30-9-7-6-8-10-30)58-43(72)36(23-64)61-46(75)38(29(5)67)62-47(76)48-55-27(3)14-20-77-48/h6-10,14,25-26,28-29,31-38,47,54,62,64,66-67,76H,11-13,15-24,50-52H2,1-5H3,(H,53,74)(H,56,69)(H,57,70)(H,58,72)(H,59,71)(H,60,68)(H,61,75)(H,63,73)/t28-,29-,31+,32+,33+,34+,35-,36-,37+,38+,47?,49+/m1/s1. The van der Waals surface area contributed by atoms with Gasteiger partial charge >= 0.3 is 0 Å². The Morgan fingerprint density at radius 2 is 1.42 bits per heavy atom. The number of aliphatic hydroxyl groups excluding tert-OH is 4. The van der Waals surface area contributed by atoms with E-state index in [0.29, 0.717) is 23.3 Å². The second-order valence-corrected chi connectivity index (χ2v) is 20.4. The Morgan fingerprint density at radius 3 is 1.99 bits per heavy atom. The molecular formula is C49H80N14O13S. The van der Waals surface area contributed by atoms with E-state index in [0.717, 1.165) is 0 Å². The molecular weight excluding hydrogens is 1020 g/mol. The topological polar surface area (TPSA) is 445 Å². The van der Waals surface area contributed by atoms with Crippen LogP contribution in [0.3, 0.4) is 0 Å². The first-order valence-electron chi connectivity index (χ1n) is 25.6. The number of aldehydes is 1. The maximum Gasteiger partial charge on any atom is 0.245 e. The number of carbonyl (C=O) groups excluding carboxylic acids is 9. The summed E-state index contributed by atoms with van der Waals surface area (Å²) in [6.07, 6.45) is -3.27. The predicted molar refractivity (Wildman–Crippen MR) is 286 cm³/mol. The predicted octanol–water partition coefficient (Wildman–Crippen LogP) is -6.16. The summed E-state index contributed by atoms with van der Waals surface area (Å²) in [6.45, 7) is 5.39. The van der Waals surface area contributed by atoms with E-state index in [9.17, 15) is 63.6 Å². The van der Waals surface area contributed by atoms with Crippen LogP contribution >= 0.6 is 11.8 Å². The Labute approximate surface area is 452 Å². The number of aliphatic hydroxyl groups is 4. The number of allylic oxidation sites excluding steroid dienone is 1. The molecule has 77 heavy (non-hydrogen) atoms. The lowest BCUT2D eigenvalue weighted by Crippen LogP contribution is -2.64. The zero-order chi connectivity index (χ0) is 57.4. The van der Waals surface area contributed by atoms with Crippen molar-refractivity contribution in [2.75, 3.05) is 45.1 Å². The average molecular weight is 1110 g/mol. The number of hydrogen-bond acceptors (Lipinski definition) is 20. The minimum atomic E-state index is -1.82. The van der Waals surface area contributed by atoms with Gasteiger partial charge in [-0.1, -0.05) is 50.3 Å². The first kappa shape index (κ1) is 65.3. The molecule has 28 heteroatoms. The van der Waals surface area contributed by atoms with Gasteiger partial charge in [0.2, 0.25) is 47.3 Å². The Balaban J connectivity index is 2.11. The molecule has 2 aliphatic rings. The van der Waals surface area contributed by atoms with E-state index in [4.69, 9.17) is 17.2 Å². The molecule has 8 amide bonds. The Bertz CT molecular complexity index is 2220. The van der Waals surface area contributed by atoms with Crippen LogP contribution in [0.1, 0.15) is 72.3 Å². The molecule has 0 spiro atoms. The van der Waals surface area contributed by atoms with Crippen molar-refractivity contribution in [3.8, 4) is 0 Å². The quantitative estimate of drug-likeness (QED) is 0.0402. The molecule has 1 aromatic rings. The third-order valence-corrected chi connectivity index (χ3v) is 13.4. The van der Waals surface area contributed by atoms with E-state index >= 15 is 0 Å². The Hall–Kier alpha value is -5.95. The summed E-state index contributed by atoms with van der Waals surface area (Å²) in [6, 6.07) is -3.50. The summed E-state index contributed by atoms with van der Waals surface area (Å²) in [5, 5.41) is 68.6. The lowest BCUT2D eigenvalue weighted by atomic mass is 9.94. The molecule has 27 nitrogen and oxygen atoms in total. The van der Waals surface area contributed by atoms with Crippen molar-refractivity contribution in [3.05, 3.63) is 47.7 Å². The highest BCUT2D eigenvalue weighted by Gasteiger charge is 2.39. The number of hydrogen-bond donors (Lipinski definition) is 17. The monoisotopic (exact) mass is 1100 g/mol. The number of rotatable bonds is 21. The van der Waals surface area contributed by atoms with Crippen LogP contribution in [0, 0.1) is 5.92 Å². The second-order valence-electron chi connectivity index (χ2n) is 19.4. The van der Waals surface area contributed by atoms with Crippen molar-refractivity contribution in [3.63, 3.8) is 0 Å². The molecule has 0 aliphatic carbocycles. The van der Waals surface area contributed by atoms with Crippen molar-refractivity contribution in [1.29, 1.82) is 0 Å². The van der Waals surface area contributed by atoms with Gasteiger partial charge in [0, 0.05) is 31.0 Å². The van der Waals surface area contributed by atoms with Gasteiger partial charge in [0.1, 0.15) is 65.2 Å². The van der Waals surface area contributed by atoms with E-state index < -0.39 is 146 Å². The molecule has 2 aliphatic heterocycles. The minimum Gasteiger partial charge on any atom is -0.394 e. The average Bonchev–Trinajstić information content (AvgIpc) is 3.37. The summed E-state index contributed by atoms with van der Waals surface area (Å²) in [5.74, 6) is -7.23. The van der Waals surface area contributed by atoms with E-state index in [1.165, 1.54) is 25.6 Å². The molecule has 1 aromatic carbocycles. The first-order valence-corrected chi connectivity index (χ1v) is 26.6. The number of thioether (sulfide) groups is 1. The van der Waals surface area contributed by atoms with Gasteiger partial charge in [0.15, 0.2) is 6.23 Å². The third kappa shape index (κ3) is 21.1. The van der Waals surface area contributed by atoms with Crippen molar-refractivity contribution in [2.24, 2.45) is 28.1 Å². The fraction of sp³-hybridized carbons (Fsp3) is 0.633. The van der Waals surface area contributed by atoms with Gasteiger partial charge in [-0.15, -0.1) is 11.8 Å². The summed E-state index contributed by atoms with van der Waals surface area (Å²) in [5.41, 5.74) is 17.1. The maximum absolute atomic E-state index is 14.4. The minimum absolute atomic E-state index is 0.0484. The van der Waals surface area contributed by atoms with Gasteiger partial charge in [-0.25, -0.2) is 4.99 Å². The van der Waals surface area contributed by atoms with Gasteiger partial charge in [0.05, 0.1) is 18.8 Å². The summed E-state index contributed by atoms with van der Waals surface area (Å²) in [4.78, 5) is 130. The fourth-order valence-corrected chi connectivity index (χ4v) is 9.10. The van der Waals surface area contributed by atoms with Gasteiger partial charge in [-0.3, -0.25) is 43.7 Å². The molecule has 2 heterocycles. The number of nitrogens with two attached hydrogens (primary N) is 3. The molecule has 430 valence electrons. The van der Waals surface area contributed by atoms with Crippen LogP contribution in [0.5, 0.6) is 0 Å². The van der Waals surface area contributed by atoms with Crippen molar-refractivity contribution in [1.82, 2.24) is 53.2 Å². The van der Waals surface area contributed by atoms with Crippen molar-refractivity contribution in [2.45, 2.75) is 145 Å². The summed E-state index contributed by atoms with van der Waals surface area (Å²) in [7, 11) is 0. The molecule has 1 saturated heterocycles. The number of nitrogens with zero attached hydrogens (tertiary/aromatic N) is 1. The highest BCUT2D eigenvalue weighted by molar-refractivity contribution is 8.14. The van der Waals surface area contributed by atoms with Gasteiger partial charge in [-0.2, -0.15) is 0 Å². The molecule has 0 saturated carbocycles. The number of benzene rings is 1. The third-order valence-electron chi connectivity index (χ3n) is 12.4. The van der Waals surface area contributed by atoms with Gasteiger partial charge < -0.3 is 90.3 Å². The molecule has 20 N–H and O–H groups in total. The number of amides is 8. The molecule has 1 unspecified atom stereocenters. The Kier molecular flexibility index (Phi) is 27.8. The van der Waals surface area contributed by atoms with Crippen LogP contribution in [0.2, 0.25) is 0 Å². The zero-order valence-corrected chi connectivity index (χ0v) is 45.0. The lowest BCUT2D eigenvalue weighted by molar-refractivity contribution is -0.136. The van der Waals surface area contributed by atoms with Gasteiger partial charge in [-0.05, 0) is 84.0 Å². The van der Waals surface area contributed by atoms with E-state index in [-0.39, 0.29) is 62.7 Å². The molecule has 1 fully saturated rings. The molecule has 0 bridgehead atoms. The van der Waals surface area contributed by atoms with E-state index in [1.54, 1.807) is 51.1 Å².